The first-order valence-electron chi connectivity index (χ1n) is 9.13. The molecule has 0 saturated carbocycles. The molecule has 0 fully saturated rings. The van der Waals surface area contributed by atoms with Gasteiger partial charge in [-0.3, -0.25) is 14.4 Å². The number of aryl methyl sites for hydroxylation is 1. The van der Waals surface area contributed by atoms with Crippen LogP contribution in [0.4, 0.5) is 11.4 Å². The number of carbonyl (C=O) groups is 3. The third kappa shape index (κ3) is 5.26. The molecule has 1 N–H and O–H groups in total. The molecule has 3 rings (SSSR count). The molecule has 0 bridgehead atoms. The van der Waals surface area contributed by atoms with E-state index in [1.807, 2.05) is 31.2 Å². The smallest absolute Gasteiger partial charge is 0.265 e. The molecule has 0 radical (unpaired) electrons. The number of nitrogens with zero attached hydrogens (tertiary/aromatic N) is 1. The molecule has 0 unspecified atom stereocenters. The van der Waals surface area contributed by atoms with Crippen LogP contribution in [0.5, 0.6) is 5.75 Å². The predicted octanol–water partition coefficient (Wildman–Crippen LogP) is 3.46. The van der Waals surface area contributed by atoms with Gasteiger partial charge in [-0.15, -0.1) is 18.3 Å². The van der Waals surface area contributed by atoms with Gasteiger partial charge in [0.05, 0.1) is 17.2 Å². The van der Waals surface area contributed by atoms with Crippen molar-refractivity contribution in [1.29, 1.82) is 0 Å². The van der Waals surface area contributed by atoms with Crippen LogP contribution in [0.1, 0.15) is 15.9 Å². The minimum atomic E-state index is -0.177. The van der Waals surface area contributed by atoms with Crippen LogP contribution in [-0.2, 0) is 9.59 Å². The Labute approximate surface area is 173 Å². The number of carbonyl (C=O) groups excluding carboxylic acids is 3. The normalized spacial score (nSPS) is 12.7. The highest BCUT2D eigenvalue weighted by molar-refractivity contribution is 8.00. The molecule has 1 heterocycles. The summed E-state index contributed by atoms with van der Waals surface area (Å²) in [5, 5.41) is 2.82. The number of benzene rings is 2. The Morgan fingerprint density at radius 2 is 2.07 bits per heavy atom. The van der Waals surface area contributed by atoms with E-state index in [1.165, 1.54) is 11.8 Å². The summed E-state index contributed by atoms with van der Waals surface area (Å²) in [4.78, 5) is 38.2. The zero-order valence-corrected chi connectivity index (χ0v) is 17.0. The summed E-state index contributed by atoms with van der Waals surface area (Å²) in [5.74, 6) is 0.454. The number of hydrogen-bond donors (Lipinski definition) is 1. The highest BCUT2D eigenvalue weighted by atomic mass is 32.2. The van der Waals surface area contributed by atoms with Crippen LogP contribution in [0.25, 0.3) is 0 Å². The molecule has 1 aliphatic rings. The lowest BCUT2D eigenvalue weighted by molar-refractivity contribution is -0.121. The first-order valence-corrected chi connectivity index (χ1v) is 10.3. The first-order chi connectivity index (χ1) is 14.0. The fraction of sp³-hybridized carbons (Fsp3) is 0.227. The maximum absolute atomic E-state index is 12.5. The number of ether oxygens (including phenoxy) is 1. The van der Waals surface area contributed by atoms with E-state index >= 15 is 0 Å². The summed E-state index contributed by atoms with van der Waals surface area (Å²) in [6, 6.07) is 12.6. The number of thioether (sulfide) groups is 1. The van der Waals surface area contributed by atoms with Crippen LogP contribution in [0.2, 0.25) is 0 Å². The van der Waals surface area contributed by atoms with Gasteiger partial charge in [-0.2, -0.15) is 0 Å². The van der Waals surface area contributed by atoms with E-state index in [1.54, 1.807) is 29.2 Å². The van der Waals surface area contributed by atoms with Crippen molar-refractivity contribution in [2.75, 3.05) is 34.9 Å². The molecule has 2 aromatic carbocycles. The van der Waals surface area contributed by atoms with Crippen molar-refractivity contribution in [3.63, 3.8) is 0 Å². The third-order valence-electron chi connectivity index (χ3n) is 4.30. The van der Waals surface area contributed by atoms with Crippen molar-refractivity contribution in [1.82, 2.24) is 0 Å². The van der Waals surface area contributed by atoms with Crippen molar-refractivity contribution >= 4 is 40.7 Å². The van der Waals surface area contributed by atoms with E-state index in [4.69, 9.17) is 4.74 Å². The zero-order valence-electron chi connectivity index (χ0n) is 16.1. The number of Topliss-reactive ketones (excluding diaryl/α,β-unsaturated/α-hetero) is 1. The fourth-order valence-corrected chi connectivity index (χ4v) is 3.66. The highest BCUT2D eigenvalue weighted by Gasteiger charge is 2.25. The van der Waals surface area contributed by atoms with Gasteiger partial charge < -0.3 is 15.0 Å². The molecule has 2 amide bonds. The average molecular weight is 410 g/mol. The quantitative estimate of drug-likeness (QED) is 0.533. The lowest BCUT2D eigenvalue weighted by atomic mass is 10.1. The second-order valence-electron chi connectivity index (χ2n) is 6.60. The molecular formula is C22H22N2O4S. The van der Waals surface area contributed by atoms with E-state index in [9.17, 15) is 14.4 Å². The van der Waals surface area contributed by atoms with Crippen LogP contribution in [-0.4, -0.2) is 42.3 Å². The van der Waals surface area contributed by atoms with E-state index in [-0.39, 0.29) is 35.7 Å². The van der Waals surface area contributed by atoms with Crippen molar-refractivity contribution < 1.29 is 19.1 Å². The molecule has 0 spiro atoms. The van der Waals surface area contributed by atoms with Crippen LogP contribution >= 0.6 is 11.8 Å². The molecule has 2 aromatic rings. The standard InChI is InChI=1S/C22H22N2O4S/c1-3-9-24-18-11-16(7-8-20(18)28-12-22(24)27)19(25)13-29-14-21(26)23-17-6-4-5-15(2)10-17/h3-8,10-11H,1,9,12-14H2,2H3,(H,23,26). The summed E-state index contributed by atoms with van der Waals surface area (Å²) in [6.45, 7) is 5.94. The van der Waals surface area contributed by atoms with E-state index in [0.717, 1.165) is 11.3 Å². The Kier molecular flexibility index (Phi) is 6.72. The van der Waals surface area contributed by atoms with Crippen LogP contribution in [0, 0.1) is 6.92 Å². The highest BCUT2D eigenvalue weighted by Crippen LogP contribution is 2.33. The lowest BCUT2D eigenvalue weighted by Crippen LogP contribution is -2.38. The second kappa shape index (κ2) is 9.43. The Bertz CT molecular complexity index is 958. The van der Waals surface area contributed by atoms with Gasteiger partial charge in [-0.25, -0.2) is 0 Å². The predicted molar refractivity (Wildman–Crippen MR) is 116 cm³/mol. The maximum Gasteiger partial charge on any atom is 0.265 e. The SMILES string of the molecule is C=CCN1C(=O)COc2ccc(C(=O)CSCC(=O)Nc3cccc(C)c3)cc21. The van der Waals surface area contributed by atoms with Crippen LogP contribution < -0.4 is 15.0 Å². The van der Waals surface area contributed by atoms with Crippen molar-refractivity contribution in [2.24, 2.45) is 0 Å². The molecular weight excluding hydrogens is 388 g/mol. The molecule has 7 heteroatoms. The molecule has 6 nitrogen and oxygen atoms in total. The van der Waals surface area contributed by atoms with E-state index in [0.29, 0.717) is 23.5 Å². The van der Waals surface area contributed by atoms with Crippen LogP contribution in [0.15, 0.2) is 55.1 Å². The summed E-state index contributed by atoms with van der Waals surface area (Å²) in [5.41, 5.74) is 2.84. The Hall–Kier alpha value is -3.06. The number of hydrogen-bond acceptors (Lipinski definition) is 5. The second-order valence-corrected chi connectivity index (χ2v) is 7.58. The van der Waals surface area contributed by atoms with Gasteiger partial charge in [0.2, 0.25) is 5.91 Å². The summed E-state index contributed by atoms with van der Waals surface area (Å²) in [6.07, 6.45) is 1.63. The van der Waals surface area contributed by atoms with Gasteiger partial charge in [0, 0.05) is 17.8 Å². The van der Waals surface area contributed by atoms with Gasteiger partial charge in [-0.1, -0.05) is 18.2 Å². The van der Waals surface area contributed by atoms with Gasteiger partial charge in [0.1, 0.15) is 5.75 Å². The number of ketones is 1. The van der Waals surface area contributed by atoms with Crippen LogP contribution in [0.3, 0.4) is 0 Å². The third-order valence-corrected chi connectivity index (χ3v) is 5.24. The molecule has 1 aliphatic heterocycles. The Balaban J connectivity index is 1.58. The van der Waals surface area contributed by atoms with Gasteiger partial charge in [0.25, 0.3) is 5.91 Å². The molecule has 150 valence electrons. The monoisotopic (exact) mass is 410 g/mol. The summed E-state index contributed by atoms with van der Waals surface area (Å²) >= 11 is 1.25. The van der Waals surface area contributed by atoms with Crippen molar-refractivity contribution in [3.05, 3.63) is 66.2 Å². The minimum absolute atomic E-state index is 0.0277. The van der Waals surface area contributed by atoms with Gasteiger partial charge in [-0.05, 0) is 42.8 Å². The van der Waals surface area contributed by atoms with Gasteiger partial charge >= 0.3 is 0 Å². The maximum atomic E-state index is 12.5. The number of nitrogens with one attached hydrogen (secondary N) is 1. The van der Waals surface area contributed by atoms with Crippen molar-refractivity contribution in [2.45, 2.75) is 6.92 Å². The zero-order chi connectivity index (χ0) is 20.8. The summed E-state index contributed by atoms with van der Waals surface area (Å²) in [7, 11) is 0. The first kappa shape index (κ1) is 20.7. The number of fused-ring (bicyclic) bond motifs is 1. The largest absolute Gasteiger partial charge is 0.482 e. The fourth-order valence-electron chi connectivity index (χ4n) is 2.94. The molecule has 0 aliphatic carbocycles. The molecule has 29 heavy (non-hydrogen) atoms. The van der Waals surface area contributed by atoms with Gasteiger partial charge in [0.15, 0.2) is 12.4 Å². The Morgan fingerprint density at radius 3 is 2.83 bits per heavy atom. The molecule has 0 saturated heterocycles. The Morgan fingerprint density at radius 1 is 1.24 bits per heavy atom. The van der Waals surface area contributed by atoms with Crippen molar-refractivity contribution in [3.8, 4) is 5.75 Å². The number of anilines is 2. The number of rotatable bonds is 8. The number of amides is 2. The molecule has 0 aromatic heterocycles. The lowest BCUT2D eigenvalue weighted by Gasteiger charge is -2.28. The average Bonchev–Trinajstić information content (AvgIpc) is 2.69. The topological polar surface area (TPSA) is 75.7 Å². The summed E-state index contributed by atoms with van der Waals surface area (Å²) < 4.78 is 5.43. The minimum Gasteiger partial charge on any atom is -0.482 e. The molecule has 0 atom stereocenters. The van der Waals surface area contributed by atoms with E-state index in [2.05, 4.69) is 11.9 Å². The van der Waals surface area contributed by atoms with E-state index < -0.39 is 0 Å².